The number of halogens is 2. The Morgan fingerprint density at radius 2 is 1.89 bits per heavy atom. The molecule has 1 aromatic rings. The van der Waals surface area contributed by atoms with Gasteiger partial charge in [0.15, 0.2) is 5.82 Å². The molecule has 1 aliphatic rings. The molecule has 200 valence electrons. The molecule has 1 aliphatic heterocycles. The standard InChI is InChI=1S/C22H31FN6.C4H7Cl.C2H6/c1-6-9-11-28(5)21(18(8-3)19(23)10-7-2)26-20-16-24-17-25-22(20)29-14-12-27(4)13-15-29;1-2-3-4-5;1-2/h7-11,16-17H,2,6,12-15H2,1,3-5H3;2-3H,4H2,1H3;1-2H3/b11-9+,18-8+,19-10+,26-21?;3-2-;. The molecule has 2 heterocycles. The van der Waals surface area contributed by atoms with Crippen molar-refractivity contribution in [3.8, 4) is 0 Å². The molecule has 0 N–H and O–H groups in total. The minimum atomic E-state index is -0.393. The topological polar surface area (TPSA) is 47.9 Å². The van der Waals surface area contributed by atoms with Crippen LogP contribution in [0.4, 0.5) is 15.9 Å². The molecule has 2 rings (SSSR count). The second kappa shape index (κ2) is 20.4. The summed E-state index contributed by atoms with van der Waals surface area (Å²) in [6.07, 6.45) is 16.3. The lowest BCUT2D eigenvalue weighted by Gasteiger charge is -2.33. The number of allylic oxidation sites excluding steroid dienone is 6. The van der Waals surface area contributed by atoms with E-state index in [1.165, 1.54) is 18.5 Å². The molecule has 1 fully saturated rings. The van der Waals surface area contributed by atoms with E-state index in [-0.39, 0.29) is 0 Å². The van der Waals surface area contributed by atoms with E-state index in [2.05, 4.69) is 33.4 Å². The van der Waals surface area contributed by atoms with Crippen LogP contribution in [0.25, 0.3) is 0 Å². The molecule has 0 amide bonds. The van der Waals surface area contributed by atoms with Crippen molar-refractivity contribution < 1.29 is 4.39 Å². The van der Waals surface area contributed by atoms with E-state index < -0.39 is 5.83 Å². The third-order valence-corrected chi connectivity index (χ3v) is 5.15. The number of rotatable bonds is 8. The summed E-state index contributed by atoms with van der Waals surface area (Å²) < 4.78 is 14.7. The molecule has 1 saturated heterocycles. The van der Waals surface area contributed by atoms with E-state index >= 15 is 0 Å². The number of hydrogen-bond acceptors (Lipinski definition) is 5. The Kier molecular flexibility index (Phi) is 18.9. The minimum absolute atomic E-state index is 0.390. The van der Waals surface area contributed by atoms with Crippen LogP contribution in [-0.2, 0) is 0 Å². The second-order valence-electron chi connectivity index (χ2n) is 7.54. The number of likely N-dealkylation sites (N-methyl/N-ethyl adjacent to an activating group) is 2. The van der Waals surface area contributed by atoms with E-state index in [1.54, 1.807) is 19.2 Å². The van der Waals surface area contributed by atoms with Crippen molar-refractivity contribution in [2.75, 3.05) is 51.1 Å². The van der Waals surface area contributed by atoms with Crippen LogP contribution >= 0.6 is 11.6 Å². The van der Waals surface area contributed by atoms with Crippen LogP contribution in [0.3, 0.4) is 0 Å². The predicted octanol–water partition coefficient (Wildman–Crippen LogP) is 6.93. The van der Waals surface area contributed by atoms with E-state index in [0.29, 0.717) is 23.0 Å². The maximum absolute atomic E-state index is 14.7. The van der Waals surface area contributed by atoms with Crippen LogP contribution in [0, 0.1) is 0 Å². The van der Waals surface area contributed by atoms with Crippen LogP contribution in [0.15, 0.2) is 78.2 Å². The number of anilines is 1. The van der Waals surface area contributed by atoms with Crippen molar-refractivity contribution in [3.05, 3.63) is 73.2 Å². The van der Waals surface area contributed by atoms with Gasteiger partial charge in [-0.05, 0) is 33.4 Å². The van der Waals surface area contributed by atoms with Gasteiger partial charge in [0.05, 0.1) is 6.20 Å². The van der Waals surface area contributed by atoms with Crippen LogP contribution in [-0.4, -0.2) is 71.8 Å². The van der Waals surface area contributed by atoms with E-state index in [9.17, 15) is 4.39 Å². The smallest absolute Gasteiger partial charge is 0.158 e. The Balaban J connectivity index is 0.00000156. The molecule has 1 aromatic heterocycles. The lowest BCUT2D eigenvalue weighted by Crippen LogP contribution is -2.44. The maximum atomic E-state index is 14.7. The summed E-state index contributed by atoms with van der Waals surface area (Å²) >= 11 is 5.21. The molecule has 0 aliphatic carbocycles. The largest absolute Gasteiger partial charge is 0.352 e. The van der Waals surface area contributed by atoms with Gasteiger partial charge in [-0.1, -0.05) is 57.7 Å². The van der Waals surface area contributed by atoms with Crippen molar-refractivity contribution in [1.82, 2.24) is 19.8 Å². The molecule has 0 spiro atoms. The molecule has 0 unspecified atom stereocenters. The summed E-state index contributed by atoms with van der Waals surface area (Å²) in [6.45, 7) is 17.0. The van der Waals surface area contributed by atoms with Gasteiger partial charge in [0.1, 0.15) is 23.7 Å². The van der Waals surface area contributed by atoms with Crippen LogP contribution < -0.4 is 4.90 Å². The Morgan fingerprint density at radius 3 is 2.39 bits per heavy atom. The fraction of sp³-hybridized carbons (Fsp3) is 0.464. The first-order valence-corrected chi connectivity index (χ1v) is 13.0. The second-order valence-corrected chi connectivity index (χ2v) is 7.85. The molecular formula is C28H44ClFN6. The van der Waals surface area contributed by atoms with Gasteiger partial charge in [0, 0.05) is 50.9 Å². The molecule has 0 saturated carbocycles. The van der Waals surface area contributed by atoms with Gasteiger partial charge in [0.2, 0.25) is 0 Å². The quantitative estimate of drug-likeness (QED) is 0.123. The molecule has 6 nitrogen and oxygen atoms in total. The predicted molar refractivity (Wildman–Crippen MR) is 156 cm³/mol. The van der Waals surface area contributed by atoms with Crippen molar-refractivity contribution in [1.29, 1.82) is 0 Å². The van der Waals surface area contributed by atoms with Crippen LogP contribution in [0.1, 0.15) is 41.0 Å². The normalized spacial score (nSPS) is 15.4. The molecule has 0 radical (unpaired) electrons. The summed E-state index contributed by atoms with van der Waals surface area (Å²) in [5.41, 5.74) is 1.01. The number of aliphatic imine (C=N–C) groups is 1. The number of piperazine rings is 1. The highest BCUT2D eigenvalue weighted by Crippen LogP contribution is 2.28. The van der Waals surface area contributed by atoms with Crippen molar-refractivity contribution >= 4 is 28.9 Å². The Morgan fingerprint density at radius 1 is 1.22 bits per heavy atom. The van der Waals surface area contributed by atoms with Crippen molar-refractivity contribution in [3.63, 3.8) is 0 Å². The monoisotopic (exact) mass is 518 g/mol. The third kappa shape index (κ3) is 11.8. The fourth-order valence-corrected chi connectivity index (χ4v) is 3.27. The number of nitrogens with zero attached hydrogens (tertiary/aromatic N) is 6. The first-order valence-electron chi connectivity index (χ1n) is 12.5. The van der Waals surface area contributed by atoms with Gasteiger partial charge in [-0.25, -0.2) is 19.4 Å². The van der Waals surface area contributed by atoms with Crippen LogP contribution in [0.5, 0.6) is 0 Å². The van der Waals surface area contributed by atoms with Crippen LogP contribution in [0.2, 0.25) is 0 Å². The SMILES string of the molecule is C/C=C\CCl.C=C/C=C(F)\C(=C/C)C(=Nc1cncnc1N1CCN(C)CC1)N(C)/C=C/CC.CC. The van der Waals surface area contributed by atoms with Gasteiger partial charge < -0.3 is 14.7 Å². The minimum Gasteiger partial charge on any atom is -0.352 e. The zero-order valence-electron chi connectivity index (χ0n) is 23.1. The summed E-state index contributed by atoms with van der Waals surface area (Å²) in [7, 11) is 3.96. The van der Waals surface area contributed by atoms with Crippen molar-refractivity contribution in [2.45, 2.75) is 41.0 Å². The number of aromatic nitrogens is 2. The highest BCUT2D eigenvalue weighted by molar-refractivity contribution is 6.18. The van der Waals surface area contributed by atoms with E-state index in [0.717, 1.165) is 38.4 Å². The molecule has 0 aromatic carbocycles. The number of amidine groups is 1. The highest BCUT2D eigenvalue weighted by Gasteiger charge is 2.20. The Bertz CT molecular complexity index is 899. The average Bonchev–Trinajstić information content (AvgIpc) is 2.90. The molecular weight excluding hydrogens is 475 g/mol. The summed E-state index contributed by atoms with van der Waals surface area (Å²) in [6, 6.07) is 0. The van der Waals surface area contributed by atoms with Crippen molar-refractivity contribution in [2.24, 2.45) is 4.99 Å². The van der Waals surface area contributed by atoms with Gasteiger partial charge in [0.25, 0.3) is 0 Å². The lowest BCUT2D eigenvalue weighted by molar-refractivity contribution is 0.312. The molecule has 36 heavy (non-hydrogen) atoms. The Labute approximate surface area is 223 Å². The summed E-state index contributed by atoms with van der Waals surface area (Å²) in [4.78, 5) is 19.7. The summed E-state index contributed by atoms with van der Waals surface area (Å²) in [5.74, 6) is 1.49. The van der Waals surface area contributed by atoms with Gasteiger partial charge in [-0.2, -0.15) is 0 Å². The third-order valence-electron chi connectivity index (χ3n) is 4.98. The first-order chi connectivity index (χ1) is 17.4. The zero-order valence-corrected chi connectivity index (χ0v) is 23.8. The van der Waals surface area contributed by atoms with Gasteiger partial charge in [-0.15, -0.1) is 11.6 Å². The first kappa shape index (κ1) is 33.2. The van der Waals surface area contributed by atoms with Gasteiger partial charge >= 0.3 is 0 Å². The van der Waals surface area contributed by atoms with Gasteiger partial charge in [-0.3, -0.25) is 0 Å². The van der Waals surface area contributed by atoms with E-state index in [1.807, 2.05) is 64.1 Å². The molecule has 0 bridgehead atoms. The number of alkyl halides is 1. The highest BCUT2D eigenvalue weighted by atomic mass is 35.5. The zero-order chi connectivity index (χ0) is 27.3. The lowest BCUT2D eigenvalue weighted by atomic mass is 10.1. The van der Waals surface area contributed by atoms with E-state index in [4.69, 9.17) is 16.6 Å². The number of hydrogen-bond donors (Lipinski definition) is 0. The summed E-state index contributed by atoms with van der Waals surface area (Å²) in [5, 5.41) is 0. The maximum Gasteiger partial charge on any atom is 0.158 e. The fourth-order valence-electron chi connectivity index (χ4n) is 3.09. The molecule has 8 heteroatoms. The average molecular weight is 519 g/mol. The Hall–Kier alpha value is -2.77. The molecule has 0 atom stereocenters.